The highest BCUT2D eigenvalue weighted by molar-refractivity contribution is 5.84. The van der Waals surface area contributed by atoms with E-state index in [0.717, 1.165) is 23.1 Å². The number of pyridine rings is 1. The predicted octanol–water partition coefficient (Wildman–Crippen LogP) is 3.55. The summed E-state index contributed by atoms with van der Waals surface area (Å²) < 4.78 is 5.78. The van der Waals surface area contributed by atoms with Crippen LogP contribution < -0.4 is 4.74 Å². The molecule has 0 spiro atoms. The summed E-state index contributed by atoms with van der Waals surface area (Å²) in [6.45, 7) is 0.353. The van der Waals surface area contributed by atoms with E-state index in [1.165, 1.54) is 25.7 Å². The molecular weight excluding hydrogens is 250 g/mol. The summed E-state index contributed by atoms with van der Waals surface area (Å²) in [6, 6.07) is 9.83. The van der Waals surface area contributed by atoms with Gasteiger partial charge < -0.3 is 9.84 Å². The number of rotatable bonds is 5. The van der Waals surface area contributed by atoms with E-state index in [1.54, 1.807) is 6.20 Å². The molecule has 1 saturated carbocycles. The maximum Gasteiger partial charge on any atom is 0.145 e. The van der Waals surface area contributed by atoms with E-state index >= 15 is 0 Å². The molecule has 1 aliphatic carbocycles. The summed E-state index contributed by atoms with van der Waals surface area (Å²) in [6.07, 6.45) is 7.39. The molecule has 3 nitrogen and oxygen atoms in total. The molecule has 1 aliphatic rings. The summed E-state index contributed by atoms with van der Waals surface area (Å²) >= 11 is 0. The first kappa shape index (κ1) is 13.4. The van der Waals surface area contributed by atoms with Gasteiger partial charge in [0.15, 0.2) is 0 Å². The number of aliphatic hydroxyl groups excluding tert-OH is 1. The van der Waals surface area contributed by atoms with Crippen LogP contribution >= 0.6 is 0 Å². The molecule has 3 rings (SSSR count). The number of aromatic nitrogens is 1. The summed E-state index contributed by atoms with van der Waals surface area (Å²) in [5.41, 5.74) is 0.864. The molecule has 0 amide bonds. The van der Waals surface area contributed by atoms with E-state index in [-0.39, 0.29) is 6.10 Å². The molecular formula is C17H21NO2. The molecule has 2 aromatic rings. The van der Waals surface area contributed by atoms with Gasteiger partial charge in [-0.3, -0.25) is 4.98 Å². The smallest absolute Gasteiger partial charge is 0.145 e. The Kier molecular flexibility index (Phi) is 4.16. The van der Waals surface area contributed by atoms with Crippen molar-refractivity contribution >= 4 is 10.9 Å². The van der Waals surface area contributed by atoms with E-state index in [1.807, 2.05) is 30.3 Å². The molecule has 1 fully saturated rings. The van der Waals surface area contributed by atoms with Gasteiger partial charge >= 0.3 is 0 Å². The third kappa shape index (κ3) is 3.10. The molecule has 1 atom stereocenters. The first-order valence-corrected chi connectivity index (χ1v) is 7.47. The fourth-order valence-electron chi connectivity index (χ4n) is 3.08. The number of hydrogen-bond donors (Lipinski definition) is 1. The molecule has 3 heteroatoms. The number of benzene rings is 1. The Balaban J connectivity index is 1.61. The summed E-state index contributed by atoms with van der Waals surface area (Å²) in [4.78, 5) is 4.36. The van der Waals surface area contributed by atoms with Gasteiger partial charge in [0.1, 0.15) is 17.9 Å². The second-order valence-corrected chi connectivity index (χ2v) is 5.68. The van der Waals surface area contributed by atoms with E-state index in [2.05, 4.69) is 4.98 Å². The minimum atomic E-state index is -0.378. The fourth-order valence-corrected chi connectivity index (χ4v) is 3.08. The van der Waals surface area contributed by atoms with Crippen LogP contribution in [-0.4, -0.2) is 22.8 Å². The van der Waals surface area contributed by atoms with Crippen molar-refractivity contribution in [2.45, 2.75) is 38.2 Å². The quantitative estimate of drug-likeness (QED) is 0.904. The highest BCUT2D eigenvalue weighted by Crippen LogP contribution is 2.29. The van der Waals surface area contributed by atoms with Crippen LogP contribution in [0.2, 0.25) is 0 Å². The molecule has 0 bridgehead atoms. The molecule has 0 radical (unpaired) electrons. The number of hydrogen-bond acceptors (Lipinski definition) is 3. The molecule has 1 aromatic heterocycles. The second kappa shape index (κ2) is 6.23. The van der Waals surface area contributed by atoms with Crippen LogP contribution in [0.15, 0.2) is 36.5 Å². The van der Waals surface area contributed by atoms with Crippen LogP contribution in [0.5, 0.6) is 5.75 Å². The first-order valence-electron chi connectivity index (χ1n) is 7.47. The SMILES string of the molecule is OC(COc1cccc2cccnc12)CC1CCCC1. The second-order valence-electron chi connectivity index (χ2n) is 5.68. The van der Waals surface area contributed by atoms with Gasteiger partial charge in [-0.05, 0) is 24.5 Å². The Morgan fingerprint density at radius 1 is 1.20 bits per heavy atom. The molecule has 0 saturated heterocycles. The highest BCUT2D eigenvalue weighted by Gasteiger charge is 2.19. The van der Waals surface area contributed by atoms with Crippen LogP contribution in [0, 0.1) is 5.92 Å². The van der Waals surface area contributed by atoms with Crippen molar-refractivity contribution < 1.29 is 9.84 Å². The highest BCUT2D eigenvalue weighted by atomic mass is 16.5. The zero-order valence-electron chi connectivity index (χ0n) is 11.7. The average Bonchev–Trinajstić information content (AvgIpc) is 2.98. The van der Waals surface area contributed by atoms with Crippen molar-refractivity contribution in [2.75, 3.05) is 6.61 Å². The molecule has 1 aromatic carbocycles. The van der Waals surface area contributed by atoms with Crippen molar-refractivity contribution in [3.05, 3.63) is 36.5 Å². The van der Waals surface area contributed by atoms with E-state index in [0.29, 0.717) is 12.5 Å². The Labute approximate surface area is 119 Å². The number of para-hydroxylation sites is 1. The summed E-state index contributed by atoms with van der Waals surface area (Å²) in [5, 5.41) is 11.2. The number of aliphatic hydroxyl groups is 1. The van der Waals surface area contributed by atoms with Crippen molar-refractivity contribution in [3.8, 4) is 5.75 Å². The van der Waals surface area contributed by atoms with Gasteiger partial charge in [0.2, 0.25) is 0 Å². The minimum Gasteiger partial charge on any atom is -0.489 e. The monoisotopic (exact) mass is 271 g/mol. The summed E-state index contributed by atoms with van der Waals surface area (Å²) in [7, 11) is 0. The molecule has 0 aliphatic heterocycles. The average molecular weight is 271 g/mol. The topological polar surface area (TPSA) is 42.4 Å². The Morgan fingerprint density at radius 2 is 2.00 bits per heavy atom. The lowest BCUT2D eigenvalue weighted by atomic mass is 10.0. The van der Waals surface area contributed by atoms with Crippen LogP contribution in [0.4, 0.5) is 0 Å². The van der Waals surface area contributed by atoms with Crippen LogP contribution in [0.3, 0.4) is 0 Å². The lowest BCUT2D eigenvalue weighted by Crippen LogP contribution is -2.20. The third-order valence-electron chi connectivity index (χ3n) is 4.11. The van der Waals surface area contributed by atoms with Gasteiger partial charge in [-0.1, -0.05) is 43.9 Å². The van der Waals surface area contributed by atoms with Gasteiger partial charge in [0.25, 0.3) is 0 Å². The molecule has 20 heavy (non-hydrogen) atoms. The van der Waals surface area contributed by atoms with Crippen LogP contribution in [-0.2, 0) is 0 Å². The normalized spacial score (nSPS) is 17.4. The van der Waals surface area contributed by atoms with Crippen molar-refractivity contribution in [1.82, 2.24) is 4.98 Å². The number of ether oxygens (including phenoxy) is 1. The van der Waals surface area contributed by atoms with E-state index < -0.39 is 0 Å². The van der Waals surface area contributed by atoms with Gasteiger partial charge in [-0.25, -0.2) is 0 Å². The molecule has 1 N–H and O–H groups in total. The first-order chi connectivity index (χ1) is 9.83. The zero-order chi connectivity index (χ0) is 13.8. The minimum absolute atomic E-state index is 0.353. The predicted molar refractivity (Wildman–Crippen MR) is 79.8 cm³/mol. The largest absolute Gasteiger partial charge is 0.489 e. The molecule has 1 heterocycles. The van der Waals surface area contributed by atoms with Crippen LogP contribution in [0.25, 0.3) is 10.9 Å². The number of nitrogens with zero attached hydrogens (tertiary/aromatic N) is 1. The van der Waals surface area contributed by atoms with Gasteiger partial charge in [0.05, 0.1) is 6.10 Å². The Morgan fingerprint density at radius 3 is 2.85 bits per heavy atom. The van der Waals surface area contributed by atoms with Crippen molar-refractivity contribution in [3.63, 3.8) is 0 Å². The summed E-state index contributed by atoms with van der Waals surface area (Å²) in [5.74, 6) is 1.44. The lowest BCUT2D eigenvalue weighted by molar-refractivity contribution is 0.0861. The van der Waals surface area contributed by atoms with Crippen molar-refractivity contribution in [2.24, 2.45) is 5.92 Å². The number of fused-ring (bicyclic) bond motifs is 1. The van der Waals surface area contributed by atoms with Gasteiger partial charge in [-0.2, -0.15) is 0 Å². The maximum absolute atomic E-state index is 10.1. The van der Waals surface area contributed by atoms with Crippen molar-refractivity contribution in [1.29, 1.82) is 0 Å². The van der Waals surface area contributed by atoms with Crippen LogP contribution in [0.1, 0.15) is 32.1 Å². The van der Waals surface area contributed by atoms with E-state index in [4.69, 9.17) is 4.74 Å². The van der Waals surface area contributed by atoms with E-state index in [9.17, 15) is 5.11 Å². The molecule has 106 valence electrons. The third-order valence-corrected chi connectivity index (χ3v) is 4.11. The Bertz CT molecular complexity index is 558. The maximum atomic E-state index is 10.1. The zero-order valence-corrected chi connectivity index (χ0v) is 11.7. The Hall–Kier alpha value is -1.61. The van der Waals surface area contributed by atoms with Gasteiger partial charge in [0, 0.05) is 11.6 Å². The van der Waals surface area contributed by atoms with Gasteiger partial charge in [-0.15, -0.1) is 0 Å². The molecule has 1 unspecified atom stereocenters. The standard InChI is InChI=1S/C17H21NO2/c19-15(11-13-5-1-2-6-13)12-20-16-9-3-7-14-8-4-10-18-17(14)16/h3-4,7-10,13,15,19H,1-2,5-6,11-12H2. The lowest BCUT2D eigenvalue weighted by Gasteiger charge is -2.16. The fraction of sp³-hybridized carbons (Fsp3) is 0.471.